The standard InChI is InChI=1S/C22H22ClN3O3/c1-15-6-8-16(9-7-15)19(27)25-12-10-22(11-13-25)20(28)26(21(29)24-22)14-17-4-2-3-5-18(17)23/h2-9H,10-14H2,1H3,(H,24,29). The summed E-state index contributed by atoms with van der Waals surface area (Å²) in [6.07, 6.45) is 0.794. The highest BCUT2D eigenvalue weighted by molar-refractivity contribution is 6.31. The van der Waals surface area contributed by atoms with Crippen LogP contribution < -0.4 is 5.32 Å². The molecule has 0 aromatic heterocycles. The van der Waals surface area contributed by atoms with Gasteiger partial charge in [-0.15, -0.1) is 0 Å². The number of nitrogens with zero attached hydrogens (tertiary/aromatic N) is 2. The molecule has 2 aromatic carbocycles. The molecule has 2 aromatic rings. The number of hydrogen-bond acceptors (Lipinski definition) is 3. The summed E-state index contributed by atoms with van der Waals surface area (Å²) in [6.45, 7) is 2.94. The maximum Gasteiger partial charge on any atom is 0.325 e. The second-order valence-electron chi connectivity index (χ2n) is 7.65. The number of nitrogens with one attached hydrogen (secondary N) is 1. The summed E-state index contributed by atoms with van der Waals surface area (Å²) >= 11 is 6.18. The Morgan fingerprint density at radius 1 is 1.07 bits per heavy atom. The van der Waals surface area contributed by atoms with Crippen LogP contribution in [-0.2, 0) is 11.3 Å². The van der Waals surface area contributed by atoms with E-state index in [0.29, 0.717) is 36.5 Å². The molecule has 2 aliphatic heterocycles. The molecule has 150 valence electrons. The van der Waals surface area contributed by atoms with Gasteiger partial charge in [0.05, 0.1) is 6.54 Å². The lowest BCUT2D eigenvalue weighted by atomic mass is 9.87. The van der Waals surface area contributed by atoms with E-state index >= 15 is 0 Å². The lowest BCUT2D eigenvalue weighted by Crippen LogP contribution is -2.55. The van der Waals surface area contributed by atoms with Crippen LogP contribution in [0.15, 0.2) is 48.5 Å². The second-order valence-corrected chi connectivity index (χ2v) is 8.06. The Morgan fingerprint density at radius 2 is 1.72 bits per heavy atom. The maximum absolute atomic E-state index is 13.1. The van der Waals surface area contributed by atoms with Gasteiger partial charge in [0.2, 0.25) is 0 Å². The molecule has 2 heterocycles. The first-order valence-electron chi connectivity index (χ1n) is 9.63. The number of aryl methyl sites for hydroxylation is 1. The van der Waals surface area contributed by atoms with E-state index in [-0.39, 0.29) is 18.4 Å². The summed E-state index contributed by atoms with van der Waals surface area (Å²) in [7, 11) is 0. The Hall–Kier alpha value is -2.86. The lowest BCUT2D eigenvalue weighted by molar-refractivity contribution is -0.133. The summed E-state index contributed by atoms with van der Waals surface area (Å²) in [5, 5.41) is 3.39. The Morgan fingerprint density at radius 3 is 2.38 bits per heavy atom. The van der Waals surface area contributed by atoms with Gasteiger partial charge in [-0.3, -0.25) is 14.5 Å². The molecule has 0 bridgehead atoms. The summed E-state index contributed by atoms with van der Waals surface area (Å²) in [5.74, 6) is -0.297. The molecule has 2 saturated heterocycles. The molecule has 2 aliphatic rings. The van der Waals surface area contributed by atoms with Crippen molar-refractivity contribution in [2.24, 2.45) is 0 Å². The first-order valence-corrected chi connectivity index (χ1v) is 10.0. The molecule has 0 aliphatic carbocycles. The van der Waals surface area contributed by atoms with Crippen LogP contribution in [0.25, 0.3) is 0 Å². The number of urea groups is 1. The van der Waals surface area contributed by atoms with Gasteiger partial charge < -0.3 is 10.2 Å². The van der Waals surface area contributed by atoms with E-state index in [2.05, 4.69) is 5.32 Å². The smallest absolute Gasteiger partial charge is 0.325 e. The Bertz CT molecular complexity index is 966. The van der Waals surface area contributed by atoms with Crippen molar-refractivity contribution in [2.75, 3.05) is 13.1 Å². The third-order valence-electron chi connectivity index (χ3n) is 5.73. The fourth-order valence-electron chi connectivity index (χ4n) is 3.93. The van der Waals surface area contributed by atoms with Crippen molar-refractivity contribution in [1.29, 1.82) is 0 Å². The average molecular weight is 412 g/mol. The topological polar surface area (TPSA) is 69.7 Å². The molecule has 1 spiro atoms. The molecule has 7 heteroatoms. The number of piperidine rings is 1. The second kappa shape index (κ2) is 7.52. The van der Waals surface area contributed by atoms with Crippen LogP contribution in [0, 0.1) is 6.92 Å². The number of hydrogen-bond donors (Lipinski definition) is 1. The molecule has 0 saturated carbocycles. The van der Waals surface area contributed by atoms with Crippen LogP contribution in [0.1, 0.15) is 34.3 Å². The van der Waals surface area contributed by atoms with E-state index in [1.54, 1.807) is 23.1 Å². The van der Waals surface area contributed by atoms with Gasteiger partial charge in [-0.05, 0) is 43.5 Å². The number of carbonyl (C=O) groups is 3. The number of imide groups is 1. The Kier molecular flexibility index (Phi) is 5.04. The third kappa shape index (κ3) is 3.60. The summed E-state index contributed by atoms with van der Waals surface area (Å²) in [6, 6.07) is 14.2. The molecule has 6 nitrogen and oxygen atoms in total. The first kappa shape index (κ1) is 19.5. The van der Waals surface area contributed by atoms with Gasteiger partial charge in [0.1, 0.15) is 5.54 Å². The summed E-state index contributed by atoms with van der Waals surface area (Å²) in [5.41, 5.74) is 1.51. The number of carbonyl (C=O) groups excluding carboxylic acids is 3. The van der Waals surface area contributed by atoms with Crippen molar-refractivity contribution in [3.63, 3.8) is 0 Å². The van der Waals surface area contributed by atoms with Crippen molar-refractivity contribution in [3.8, 4) is 0 Å². The highest BCUT2D eigenvalue weighted by Gasteiger charge is 2.52. The van der Waals surface area contributed by atoms with Crippen molar-refractivity contribution < 1.29 is 14.4 Å². The minimum atomic E-state index is -0.942. The zero-order chi connectivity index (χ0) is 20.6. The zero-order valence-electron chi connectivity index (χ0n) is 16.2. The van der Waals surface area contributed by atoms with Gasteiger partial charge in [-0.1, -0.05) is 47.5 Å². The Balaban J connectivity index is 1.44. The van der Waals surface area contributed by atoms with Gasteiger partial charge in [-0.2, -0.15) is 0 Å². The van der Waals surface area contributed by atoms with Crippen molar-refractivity contribution in [1.82, 2.24) is 15.1 Å². The minimum Gasteiger partial charge on any atom is -0.338 e. The minimum absolute atomic E-state index is 0.0513. The normalized spacial score (nSPS) is 18.3. The van der Waals surface area contributed by atoms with Crippen LogP contribution in [0.5, 0.6) is 0 Å². The molecular weight excluding hydrogens is 390 g/mol. The van der Waals surface area contributed by atoms with Crippen LogP contribution in [0.2, 0.25) is 5.02 Å². The highest BCUT2D eigenvalue weighted by atomic mass is 35.5. The molecule has 1 N–H and O–H groups in total. The molecule has 4 rings (SSSR count). The van der Waals surface area contributed by atoms with Gasteiger partial charge in [0.15, 0.2) is 0 Å². The van der Waals surface area contributed by atoms with Crippen LogP contribution in [0.3, 0.4) is 0 Å². The number of amides is 4. The van der Waals surface area contributed by atoms with E-state index < -0.39 is 11.6 Å². The van der Waals surface area contributed by atoms with Crippen LogP contribution in [0.4, 0.5) is 4.79 Å². The van der Waals surface area contributed by atoms with Crippen molar-refractivity contribution in [3.05, 3.63) is 70.2 Å². The molecule has 0 radical (unpaired) electrons. The molecule has 0 atom stereocenters. The Labute approximate surface area is 174 Å². The number of halogens is 1. The average Bonchev–Trinajstić information content (AvgIpc) is 2.94. The predicted molar refractivity (Wildman–Crippen MR) is 110 cm³/mol. The fraction of sp³-hybridized carbons (Fsp3) is 0.318. The lowest BCUT2D eigenvalue weighted by Gasteiger charge is -2.37. The highest BCUT2D eigenvalue weighted by Crippen LogP contribution is 2.31. The largest absolute Gasteiger partial charge is 0.338 e. The van der Waals surface area contributed by atoms with Crippen LogP contribution in [-0.4, -0.2) is 46.3 Å². The fourth-order valence-corrected chi connectivity index (χ4v) is 4.12. The molecule has 4 amide bonds. The number of benzene rings is 2. The molecule has 0 unspecified atom stereocenters. The number of likely N-dealkylation sites (tertiary alicyclic amines) is 1. The predicted octanol–water partition coefficient (Wildman–Crippen LogP) is 3.38. The van der Waals surface area contributed by atoms with Crippen LogP contribution >= 0.6 is 11.6 Å². The summed E-state index contributed by atoms with van der Waals surface area (Å²) < 4.78 is 0. The van der Waals surface area contributed by atoms with Gasteiger partial charge in [0, 0.05) is 23.7 Å². The van der Waals surface area contributed by atoms with E-state index in [4.69, 9.17) is 11.6 Å². The van der Waals surface area contributed by atoms with E-state index in [1.807, 2.05) is 37.3 Å². The summed E-state index contributed by atoms with van der Waals surface area (Å²) in [4.78, 5) is 41.3. The first-order chi connectivity index (χ1) is 13.9. The molecular formula is C22H22ClN3O3. The van der Waals surface area contributed by atoms with E-state index in [0.717, 1.165) is 11.1 Å². The molecule has 29 heavy (non-hydrogen) atoms. The monoisotopic (exact) mass is 411 g/mol. The van der Waals surface area contributed by atoms with Crippen molar-refractivity contribution in [2.45, 2.75) is 31.8 Å². The zero-order valence-corrected chi connectivity index (χ0v) is 16.9. The maximum atomic E-state index is 13.1. The number of rotatable bonds is 3. The van der Waals surface area contributed by atoms with Gasteiger partial charge in [0.25, 0.3) is 11.8 Å². The molecule has 2 fully saturated rings. The SMILES string of the molecule is Cc1ccc(C(=O)N2CCC3(CC2)NC(=O)N(Cc2ccccc2Cl)C3=O)cc1. The van der Waals surface area contributed by atoms with Gasteiger partial charge >= 0.3 is 6.03 Å². The van der Waals surface area contributed by atoms with E-state index in [1.165, 1.54) is 4.90 Å². The quantitative estimate of drug-likeness (QED) is 0.787. The van der Waals surface area contributed by atoms with E-state index in [9.17, 15) is 14.4 Å². The van der Waals surface area contributed by atoms with Crippen molar-refractivity contribution >= 4 is 29.4 Å². The van der Waals surface area contributed by atoms with Gasteiger partial charge in [-0.25, -0.2) is 4.79 Å². The third-order valence-corrected chi connectivity index (χ3v) is 6.10.